The summed E-state index contributed by atoms with van der Waals surface area (Å²) >= 11 is 0. The molecule has 0 spiro atoms. The van der Waals surface area contributed by atoms with Crippen molar-refractivity contribution in [1.29, 1.82) is 0 Å². The fourth-order valence-electron chi connectivity index (χ4n) is 2.76. The van der Waals surface area contributed by atoms with Crippen molar-refractivity contribution in [2.75, 3.05) is 14.1 Å². The Labute approximate surface area is 198 Å². The molecule has 3 N–H and O–H groups in total. The Morgan fingerprint density at radius 2 is 1.56 bits per heavy atom. The molecular formula is C29H47N3. The van der Waals surface area contributed by atoms with E-state index in [9.17, 15) is 0 Å². The predicted octanol–water partition coefficient (Wildman–Crippen LogP) is 7.36. The molecule has 0 unspecified atom stereocenters. The number of hydrogen-bond acceptors (Lipinski definition) is 3. The highest BCUT2D eigenvalue weighted by Gasteiger charge is 2.11. The third-order valence-corrected chi connectivity index (χ3v) is 4.96. The molecule has 1 aromatic carbocycles. The second-order valence-electron chi connectivity index (χ2n) is 7.40. The lowest BCUT2D eigenvalue weighted by molar-refractivity contribution is 0.500. The zero-order chi connectivity index (χ0) is 25.4. The van der Waals surface area contributed by atoms with E-state index in [1.54, 1.807) is 6.08 Å². The number of benzene rings is 1. The minimum atomic E-state index is 0.675. The quantitative estimate of drug-likeness (QED) is 0.297. The van der Waals surface area contributed by atoms with Gasteiger partial charge in [0.2, 0.25) is 0 Å². The van der Waals surface area contributed by atoms with E-state index in [0.29, 0.717) is 12.4 Å². The Balaban J connectivity index is 0. The Kier molecular flexibility index (Phi) is 16.3. The van der Waals surface area contributed by atoms with Gasteiger partial charge in [-0.1, -0.05) is 78.3 Å². The average Bonchev–Trinajstić information content (AvgIpc) is 2.81. The van der Waals surface area contributed by atoms with Crippen LogP contribution in [0.3, 0.4) is 0 Å². The smallest absolute Gasteiger partial charge is 0.102 e. The summed E-state index contributed by atoms with van der Waals surface area (Å²) in [5.74, 6) is 0.675. The molecule has 0 aromatic heterocycles. The number of hydrogen-bond donors (Lipinski definition) is 2. The van der Waals surface area contributed by atoms with E-state index in [0.717, 1.165) is 35.3 Å². The van der Waals surface area contributed by atoms with Crippen molar-refractivity contribution in [2.24, 2.45) is 5.73 Å². The summed E-state index contributed by atoms with van der Waals surface area (Å²) < 4.78 is 0. The number of rotatable bonds is 10. The molecule has 32 heavy (non-hydrogen) atoms. The zero-order valence-electron chi connectivity index (χ0n) is 22.0. The van der Waals surface area contributed by atoms with Crippen LogP contribution in [0.1, 0.15) is 64.7 Å². The molecule has 0 atom stereocenters. The summed E-state index contributed by atoms with van der Waals surface area (Å²) in [4.78, 5) is 1.86. The Bertz CT molecular complexity index is 823. The van der Waals surface area contributed by atoms with Crippen molar-refractivity contribution in [3.63, 3.8) is 0 Å². The van der Waals surface area contributed by atoms with Crippen molar-refractivity contribution in [3.8, 4) is 0 Å². The number of nitrogens with zero attached hydrogens (tertiary/aromatic N) is 1. The zero-order valence-corrected chi connectivity index (χ0v) is 22.0. The maximum absolute atomic E-state index is 6.10. The van der Waals surface area contributed by atoms with E-state index < -0.39 is 0 Å². The second kappa shape index (κ2) is 16.7. The van der Waals surface area contributed by atoms with Crippen LogP contribution in [0.5, 0.6) is 0 Å². The van der Waals surface area contributed by atoms with Crippen LogP contribution in [0, 0.1) is 0 Å². The fraction of sp³-hybridized carbons (Fsp3) is 0.379. The van der Waals surface area contributed by atoms with Crippen molar-refractivity contribution < 1.29 is 0 Å². The van der Waals surface area contributed by atoms with E-state index >= 15 is 0 Å². The summed E-state index contributed by atoms with van der Waals surface area (Å²) in [7, 11) is 3.82. The maximum atomic E-state index is 6.10. The van der Waals surface area contributed by atoms with Crippen LogP contribution in [0.25, 0.3) is 5.57 Å². The molecule has 0 amide bonds. The molecule has 0 bridgehead atoms. The van der Waals surface area contributed by atoms with Crippen molar-refractivity contribution in [3.05, 3.63) is 102 Å². The predicted molar refractivity (Wildman–Crippen MR) is 147 cm³/mol. The van der Waals surface area contributed by atoms with Gasteiger partial charge in [0, 0.05) is 26.3 Å². The highest BCUT2D eigenvalue weighted by atomic mass is 15.1. The molecule has 0 aliphatic heterocycles. The Morgan fingerprint density at radius 3 is 2.00 bits per heavy atom. The van der Waals surface area contributed by atoms with Crippen LogP contribution in [0.15, 0.2) is 85.4 Å². The summed E-state index contributed by atoms with van der Waals surface area (Å²) in [5.41, 5.74) is 14.3. The summed E-state index contributed by atoms with van der Waals surface area (Å²) in [6, 6.07) is 6.55. The Morgan fingerprint density at radius 1 is 1.03 bits per heavy atom. The summed E-state index contributed by atoms with van der Waals surface area (Å²) in [5, 5.41) is 3.39. The monoisotopic (exact) mass is 437 g/mol. The van der Waals surface area contributed by atoms with Crippen molar-refractivity contribution >= 4 is 5.57 Å². The first-order valence-corrected chi connectivity index (χ1v) is 11.4. The standard InChI is InChI=1S/C24H35N3.C3H6.C2H6/c1-10-16(3)22-12-13-23(21(11-2)14-22)15-26-20(7)18(5)17(4)19(6)24(25)27(8)9;1-3-2;1-2/h12-14,26H,3-5,7,10-11,15,25H2,1-2,6,8-9H3;3H,1H2,2H3;1-2H3/b24-19-;;. The minimum Gasteiger partial charge on any atom is -0.385 e. The number of nitrogens with one attached hydrogen (secondary N) is 1. The number of aryl methyl sites for hydroxylation is 1. The lowest BCUT2D eigenvalue weighted by Gasteiger charge is -2.20. The first-order valence-electron chi connectivity index (χ1n) is 11.4. The first-order chi connectivity index (χ1) is 15.0. The number of allylic oxidation sites excluding steroid dienone is 4. The van der Waals surface area contributed by atoms with Crippen LogP contribution in [-0.2, 0) is 13.0 Å². The normalized spacial score (nSPS) is 10.2. The molecule has 178 valence electrons. The largest absolute Gasteiger partial charge is 0.385 e. The topological polar surface area (TPSA) is 41.3 Å². The highest BCUT2D eigenvalue weighted by molar-refractivity contribution is 5.64. The molecule has 1 rings (SSSR count). The van der Waals surface area contributed by atoms with Gasteiger partial charge in [0.1, 0.15) is 5.82 Å². The molecule has 3 nitrogen and oxygen atoms in total. The van der Waals surface area contributed by atoms with Gasteiger partial charge in [0.15, 0.2) is 0 Å². The van der Waals surface area contributed by atoms with Crippen LogP contribution in [-0.4, -0.2) is 19.0 Å². The van der Waals surface area contributed by atoms with Crippen molar-refractivity contribution in [2.45, 2.75) is 60.9 Å². The van der Waals surface area contributed by atoms with E-state index in [4.69, 9.17) is 5.73 Å². The van der Waals surface area contributed by atoms with Crippen LogP contribution in [0.4, 0.5) is 0 Å². The third kappa shape index (κ3) is 9.91. The molecule has 3 heteroatoms. The summed E-state index contributed by atoms with van der Waals surface area (Å²) in [6.07, 6.45) is 3.69. The maximum Gasteiger partial charge on any atom is 0.102 e. The molecule has 0 radical (unpaired) electrons. The van der Waals surface area contributed by atoms with Crippen LogP contribution < -0.4 is 11.1 Å². The molecule has 0 aliphatic carbocycles. The van der Waals surface area contributed by atoms with Crippen LogP contribution in [0.2, 0.25) is 0 Å². The van der Waals surface area contributed by atoms with Crippen LogP contribution >= 0.6 is 0 Å². The molecule has 0 fully saturated rings. The molecule has 0 saturated carbocycles. The van der Waals surface area contributed by atoms with E-state index in [1.807, 2.05) is 46.7 Å². The van der Waals surface area contributed by atoms with Gasteiger partial charge >= 0.3 is 0 Å². The van der Waals surface area contributed by atoms with Gasteiger partial charge < -0.3 is 16.0 Å². The molecule has 0 aliphatic rings. The van der Waals surface area contributed by atoms with E-state index in [2.05, 4.69) is 70.3 Å². The number of nitrogens with two attached hydrogens (primary N) is 1. The van der Waals surface area contributed by atoms with Gasteiger partial charge in [-0.15, -0.1) is 6.58 Å². The molecule has 0 heterocycles. The lowest BCUT2D eigenvalue weighted by Crippen LogP contribution is -2.21. The minimum absolute atomic E-state index is 0.675. The van der Waals surface area contributed by atoms with E-state index in [-0.39, 0.29) is 0 Å². The van der Waals surface area contributed by atoms with Gasteiger partial charge in [-0.05, 0) is 65.7 Å². The first kappa shape index (κ1) is 31.2. The van der Waals surface area contributed by atoms with E-state index in [1.165, 1.54) is 22.3 Å². The van der Waals surface area contributed by atoms with Gasteiger partial charge in [-0.3, -0.25) is 0 Å². The molecular weight excluding hydrogens is 390 g/mol. The lowest BCUT2D eigenvalue weighted by atomic mass is 9.96. The van der Waals surface area contributed by atoms with Gasteiger partial charge in [0.25, 0.3) is 0 Å². The van der Waals surface area contributed by atoms with Gasteiger partial charge in [-0.2, -0.15) is 0 Å². The molecule has 1 aromatic rings. The van der Waals surface area contributed by atoms with Gasteiger partial charge in [-0.25, -0.2) is 0 Å². The average molecular weight is 438 g/mol. The summed E-state index contributed by atoms with van der Waals surface area (Å²) in [6.45, 7) is 32.7. The fourth-order valence-corrected chi connectivity index (χ4v) is 2.76. The SMILES string of the molecule is C=C(NCc1ccc(C(=C)CC)cc1CC)C(=C)C(=C)/C(C)=C(/N)N(C)C.C=CC.CC. The van der Waals surface area contributed by atoms with Gasteiger partial charge in [0.05, 0.1) is 0 Å². The second-order valence-corrected chi connectivity index (χ2v) is 7.40. The third-order valence-electron chi connectivity index (χ3n) is 4.96. The molecule has 0 saturated heterocycles. The Hall–Kier alpha value is -2.94. The van der Waals surface area contributed by atoms with Crippen molar-refractivity contribution in [1.82, 2.24) is 10.2 Å². The highest BCUT2D eigenvalue weighted by Crippen LogP contribution is 2.24.